The van der Waals surface area contributed by atoms with Crippen LogP contribution >= 0.6 is 0 Å². The monoisotopic (exact) mass is 254 g/mol. The number of aliphatic hydroxyl groups is 1. The van der Waals surface area contributed by atoms with Crippen molar-refractivity contribution in [2.75, 3.05) is 30.3 Å². The molecule has 100 valence electrons. The fraction of sp³-hybridized carbons (Fsp3) is 0.545. The standard InChI is InChI=1S/C11H18N4O3/c1-2-3-6-14(7-8-16)10-5-4-9(15(17)18)11(12)13-10/h4-5,16H,2-3,6-8H2,1H3,(H2,12,13). The van der Waals surface area contributed by atoms with E-state index < -0.39 is 4.92 Å². The minimum atomic E-state index is -0.561. The Labute approximate surface area is 105 Å². The summed E-state index contributed by atoms with van der Waals surface area (Å²) in [6.07, 6.45) is 1.98. The number of aliphatic hydroxyl groups excluding tert-OH is 1. The second-order valence-electron chi connectivity index (χ2n) is 3.90. The van der Waals surface area contributed by atoms with Crippen molar-refractivity contribution in [2.45, 2.75) is 19.8 Å². The van der Waals surface area contributed by atoms with Crippen LogP contribution in [0.25, 0.3) is 0 Å². The topological polar surface area (TPSA) is 106 Å². The average Bonchev–Trinajstić information content (AvgIpc) is 2.33. The Kier molecular flexibility index (Phi) is 5.31. The van der Waals surface area contributed by atoms with E-state index in [1.54, 1.807) is 6.07 Å². The van der Waals surface area contributed by atoms with Crippen molar-refractivity contribution in [1.82, 2.24) is 4.98 Å². The van der Waals surface area contributed by atoms with Gasteiger partial charge in [0.2, 0.25) is 5.82 Å². The summed E-state index contributed by atoms with van der Waals surface area (Å²) in [6.45, 7) is 3.24. The summed E-state index contributed by atoms with van der Waals surface area (Å²) >= 11 is 0. The molecule has 0 aliphatic heterocycles. The van der Waals surface area contributed by atoms with E-state index in [-0.39, 0.29) is 18.1 Å². The van der Waals surface area contributed by atoms with Crippen LogP contribution in [0.1, 0.15) is 19.8 Å². The van der Waals surface area contributed by atoms with E-state index in [0.29, 0.717) is 12.4 Å². The Morgan fingerprint density at radius 2 is 2.22 bits per heavy atom. The molecule has 1 heterocycles. The van der Waals surface area contributed by atoms with Gasteiger partial charge in [-0.05, 0) is 12.5 Å². The molecule has 0 saturated heterocycles. The molecule has 0 aliphatic rings. The molecule has 18 heavy (non-hydrogen) atoms. The Bertz CT molecular complexity index is 411. The van der Waals surface area contributed by atoms with E-state index in [1.165, 1.54) is 6.07 Å². The molecule has 3 N–H and O–H groups in total. The highest BCUT2D eigenvalue weighted by Crippen LogP contribution is 2.23. The van der Waals surface area contributed by atoms with Gasteiger partial charge in [-0.25, -0.2) is 4.98 Å². The highest BCUT2D eigenvalue weighted by atomic mass is 16.6. The van der Waals surface area contributed by atoms with Crippen LogP contribution in [0.2, 0.25) is 0 Å². The molecule has 0 spiro atoms. The van der Waals surface area contributed by atoms with Gasteiger partial charge < -0.3 is 15.7 Å². The highest BCUT2D eigenvalue weighted by molar-refractivity contribution is 5.57. The maximum absolute atomic E-state index is 10.6. The molecule has 0 bridgehead atoms. The van der Waals surface area contributed by atoms with Crippen molar-refractivity contribution in [3.05, 3.63) is 22.2 Å². The van der Waals surface area contributed by atoms with E-state index >= 15 is 0 Å². The molecular weight excluding hydrogens is 236 g/mol. The maximum atomic E-state index is 10.6. The summed E-state index contributed by atoms with van der Waals surface area (Å²) in [4.78, 5) is 16.0. The fourth-order valence-corrected chi connectivity index (χ4v) is 1.60. The number of aromatic nitrogens is 1. The molecule has 0 aromatic carbocycles. The van der Waals surface area contributed by atoms with Gasteiger partial charge >= 0.3 is 5.69 Å². The van der Waals surface area contributed by atoms with Crippen LogP contribution in [-0.4, -0.2) is 34.7 Å². The summed E-state index contributed by atoms with van der Waals surface area (Å²) < 4.78 is 0. The van der Waals surface area contributed by atoms with E-state index in [9.17, 15) is 10.1 Å². The van der Waals surface area contributed by atoms with Crippen LogP contribution in [0.15, 0.2) is 12.1 Å². The zero-order valence-electron chi connectivity index (χ0n) is 10.4. The van der Waals surface area contributed by atoms with Crippen LogP contribution in [0.4, 0.5) is 17.3 Å². The van der Waals surface area contributed by atoms with Gasteiger partial charge in [0.1, 0.15) is 5.82 Å². The second-order valence-corrected chi connectivity index (χ2v) is 3.90. The number of hydrogen-bond donors (Lipinski definition) is 2. The van der Waals surface area contributed by atoms with Gasteiger partial charge in [0, 0.05) is 19.2 Å². The Hall–Kier alpha value is -1.89. The van der Waals surface area contributed by atoms with Gasteiger partial charge in [0.05, 0.1) is 11.5 Å². The van der Waals surface area contributed by atoms with Crippen LogP contribution in [0.3, 0.4) is 0 Å². The van der Waals surface area contributed by atoms with Crippen molar-refractivity contribution >= 4 is 17.3 Å². The number of nitrogens with zero attached hydrogens (tertiary/aromatic N) is 3. The molecule has 7 heteroatoms. The molecule has 0 atom stereocenters. The molecule has 0 amide bonds. The number of anilines is 2. The third kappa shape index (κ3) is 3.56. The summed E-state index contributed by atoms with van der Waals surface area (Å²) in [6, 6.07) is 2.90. The molecule has 7 nitrogen and oxygen atoms in total. The third-order valence-corrected chi connectivity index (χ3v) is 2.56. The lowest BCUT2D eigenvalue weighted by Crippen LogP contribution is -2.28. The zero-order valence-corrected chi connectivity index (χ0v) is 10.4. The largest absolute Gasteiger partial charge is 0.395 e. The lowest BCUT2D eigenvalue weighted by Gasteiger charge is -2.22. The lowest BCUT2D eigenvalue weighted by molar-refractivity contribution is -0.384. The number of rotatable bonds is 7. The van der Waals surface area contributed by atoms with Crippen molar-refractivity contribution < 1.29 is 10.0 Å². The van der Waals surface area contributed by atoms with E-state index in [0.717, 1.165) is 19.4 Å². The third-order valence-electron chi connectivity index (χ3n) is 2.56. The van der Waals surface area contributed by atoms with Crippen LogP contribution < -0.4 is 10.6 Å². The number of nitro groups is 1. The minimum Gasteiger partial charge on any atom is -0.395 e. The molecule has 0 radical (unpaired) electrons. The van der Waals surface area contributed by atoms with Crippen LogP contribution in [0.5, 0.6) is 0 Å². The first-order valence-electron chi connectivity index (χ1n) is 5.86. The Balaban J connectivity index is 2.91. The normalized spacial score (nSPS) is 10.3. The quantitative estimate of drug-likeness (QED) is 0.559. The van der Waals surface area contributed by atoms with Gasteiger partial charge in [0.15, 0.2) is 0 Å². The summed E-state index contributed by atoms with van der Waals surface area (Å²) in [7, 11) is 0. The SMILES string of the molecule is CCCCN(CCO)c1ccc([N+](=O)[O-])c(N)n1. The minimum absolute atomic E-state index is 0.00227. The Morgan fingerprint density at radius 1 is 1.50 bits per heavy atom. The summed E-state index contributed by atoms with van der Waals surface area (Å²) in [5.74, 6) is 0.456. The molecule has 1 aromatic heterocycles. The number of unbranched alkanes of at least 4 members (excludes halogenated alkanes) is 1. The van der Waals surface area contributed by atoms with Crippen molar-refractivity contribution in [3.63, 3.8) is 0 Å². The maximum Gasteiger partial charge on any atom is 0.311 e. The predicted octanol–water partition coefficient (Wildman–Crippen LogP) is 1.17. The first-order valence-corrected chi connectivity index (χ1v) is 5.86. The number of nitrogens with two attached hydrogens (primary N) is 1. The Morgan fingerprint density at radius 3 is 2.72 bits per heavy atom. The lowest BCUT2D eigenvalue weighted by atomic mass is 10.3. The predicted molar refractivity (Wildman–Crippen MR) is 69.5 cm³/mol. The second kappa shape index (κ2) is 6.75. The summed E-state index contributed by atoms with van der Waals surface area (Å²) in [5.41, 5.74) is 5.35. The molecule has 1 rings (SSSR count). The first-order chi connectivity index (χ1) is 8.60. The van der Waals surface area contributed by atoms with E-state index in [2.05, 4.69) is 11.9 Å². The number of hydrogen-bond acceptors (Lipinski definition) is 6. The highest BCUT2D eigenvalue weighted by Gasteiger charge is 2.15. The van der Waals surface area contributed by atoms with Crippen molar-refractivity contribution in [1.29, 1.82) is 0 Å². The number of nitrogen functional groups attached to an aromatic ring is 1. The molecule has 0 aliphatic carbocycles. The fourth-order valence-electron chi connectivity index (χ4n) is 1.60. The molecular formula is C11H18N4O3. The van der Waals surface area contributed by atoms with Gasteiger partial charge in [-0.1, -0.05) is 13.3 Å². The first kappa shape index (κ1) is 14.2. The zero-order chi connectivity index (χ0) is 13.5. The van der Waals surface area contributed by atoms with Crippen molar-refractivity contribution in [3.8, 4) is 0 Å². The molecule has 0 unspecified atom stereocenters. The number of pyridine rings is 1. The van der Waals surface area contributed by atoms with Gasteiger partial charge in [0.25, 0.3) is 0 Å². The van der Waals surface area contributed by atoms with Gasteiger partial charge in [-0.15, -0.1) is 0 Å². The molecule has 1 aromatic rings. The van der Waals surface area contributed by atoms with Crippen LogP contribution in [0, 0.1) is 10.1 Å². The van der Waals surface area contributed by atoms with Crippen LogP contribution in [-0.2, 0) is 0 Å². The average molecular weight is 254 g/mol. The van der Waals surface area contributed by atoms with E-state index in [4.69, 9.17) is 10.8 Å². The summed E-state index contributed by atoms with van der Waals surface area (Å²) in [5, 5.41) is 19.6. The van der Waals surface area contributed by atoms with E-state index in [1.807, 2.05) is 4.90 Å². The van der Waals surface area contributed by atoms with Crippen molar-refractivity contribution in [2.24, 2.45) is 0 Å². The van der Waals surface area contributed by atoms with Gasteiger partial charge in [-0.3, -0.25) is 10.1 Å². The smallest absolute Gasteiger partial charge is 0.311 e. The van der Waals surface area contributed by atoms with Gasteiger partial charge in [-0.2, -0.15) is 0 Å². The molecule has 0 fully saturated rings. The molecule has 0 saturated carbocycles.